The minimum atomic E-state index is -4.83. The van der Waals surface area contributed by atoms with E-state index in [-0.39, 0.29) is 76.9 Å². The van der Waals surface area contributed by atoms with E-state index in [9.17, 15) is 35.9 Å². The second-order valence-electron chi connectivity index (χ2n) is 11.9. The van der Waals surface area contributed by atoms with Crippen LogP contribution in [0.1, 0.15) is 55.7 Å². The number of ether oxygens (including phenoxy) is 1. The third-order valence-electron chi connectivity index (χ3n) is 7.42. The zero-order valence-electron chi connectivity index (χ0n) is 29.6. The van der Waals surface area contributed by atoms with Crippen molar-refractivity contribution in [1.29, 1.82) is 0 Å². The van der Waals surface area contributed by atoms with Crippen LogP contribution in [0.2, 0.25) is 0 Å². The highest BCUT2D eigenvalue weighted by atomic mass is 32.2. The molecule has 0 aliphatic heterocycles. The number of aliphatic imine (C=N–C) groups is 1. The Morgan fingerprint density at radius 1 is 0.815 bits per heavy atom. The Morgan fingerprint density at radius 2 is 1.50 bits per heavy atom. The maximum absolute atomic E-state index is 14.0. The Hall–Kier alpha value is -4.88. The highest BCUT2D eigenvalue weighted by Crippen LogP contribution is 2.42. The number of nitrogens with one attached hydrogen (secondary N) is 4. The summed E-state index contributed by atoms with van der Waals surface area (Å²) in [5.74, 6) is -0.274. The summed E-state index contributed by atoms with van der Waals surface area (Å²) in [6.45, 7) is 3.01. The van der Waals surface area contributed by atoms with E-state index in [0.717, 1.165) is 36.0 Å². The third-order valence-corrected chi connectivity index (χ3v) is 8.59. The molecule has 0 heterocycles. The van der Waals surface area contributed by atoms with Gasteiger partial charge < -0.3 is 48.9 Å². The van der Waals surface area contributed by atoms with Crippen LogP contribution < -0.4 is 48.9 Å². The summed E-state index contributed by atoms with van der Waals surface area (Å²) in [5.41, 5.74) is 20.5. The van der Waals surface area contributed by atoms with Crippen LogP contribution in [0, 0.1) is 0 Å². The summed E-state index contributed by atoms with van der Waals surface area (Å²) in [7, 11) is 0. The molecule has 0 aliphatic carbocycles. The van der Waals surface area contributed by atoms with Gasteiger partial charge in [-0.25, -0.2) is 4.79 Å². The number of alkyl halides is 6. The quantitative estimate of drug-likeness (QED) is 0.0201. The van der Waals surface area contributed by atoms with Gasteiger partial charge in [-0.3, -0.25) is 9.79 Å². The van der Waals surface area contributed by atoms with E-state index in [4.69, 9.17) is 27.7 Å². The van der Waals surface area contributed by atoms with Crippen LogP contribution in [0.25, 0.3) is 0 Å². The smallest absolute Gasteiger partial charge is 0.416 e. The summed E-state index contributed by atoms with van der Waals surface area (Å²) < 4.78 is 89.0. The van der Waals surface area contributed by atoms with E-state index in [1.807, 2.05) is 6.92 Å². The molecule has 0 unspecified atom stereocenters. The lowest BCUT2D eigenvalue weighted by atomic mass is 10.1. The summed E-state index contributed by atoms with van der Waals surface area (Å²) >= 11 is 1.04. The fourth-order valence-electron chi connectivity index (χ4n) is 4.96. The van der Waals surface area contributed by atoms with Crippen LogP contribution in [0.15, 0.2) is 58.4 Å². The number of hydrogen-bond acceptors (Lipinski definition) is 8. The highest BCUT2D eigenvalue weighted by molar-refractivity contribution is 7.99. The third kappa shape index (κ3) is 14.2. The van der Waals surface area contributed by atoms with Crippen LogP contribution in [0.3, 0.4) is 0 Å². The van der Waals surface area contributed by atoms with Crippen molar-refractivity contribution in [3.63, 3.8) is 0 Å². The molecule has 0 bridgehead atoms. The number of benzene rings is 3. The van der Waals surface area contributed by atoms with Gasteiger partial charge in [-0.15, -0.1) is 11.8 Å². The van der Waals surface area contributed by atoms with E-state index in [1.165, 1.54) is 24.3 Å². The second kappa shape index (κ2) is 20.5. The van der Waals surface area contributed by atoms with Gasteiger partial charge in [0.15, 0.2) is 5.96 Å². The normalized spacial score (nSPS) is 11.5. The fraction of sp³-hybridized carbons (Fsp3) is 0.400. The van der Waals surface area contributed by atoms with Gasteiger partial charge in [0.1, 0.15) is 11.5 Å². The molecule has 3 aromatic carbocycles. The van der Waals surface area contributed by atoms with Gasteiger partial charge in [-0.2, -0.15) is 26.3 Å². The lowest BCUT2D eigenvalue weighted by Crippen LogP contribution is -2.23. The lowest BCUT2D eigenvalue weighted by molar-refractivity contribution is -0.138. The molecule has 0 saturated carbocycles. The number of carbonyl (C=O) groups is 2. The van der Waals surface area contributed by atoms with Crippen LogP contribution in [0.5, 0.6) is 11.5 Å². The van der Waals surface area contributed by atoms with E-state index < -0.39 is 35.4 Å². The largest absolute Gasteiger partial charge is 0.457 e. The average Bonchev–Trinajstić information content (AvgIpc) is 3.09. The Kier molecular flexibility index (Phi) is 16.6. The molecular weight excluding hydrogens is 740 g/mol. The number of guanidine groups is 1. The van der Waals surface area contributed by atoms with Crippen molar-refractivity contribution in [2.75, 3.05) is 53.2 Å². The van der Waals surface area contributed by atoms with Crippen molar-refractivity contribution in [1.82, 2.24) is 0 Å². The van der Waals surface area contributed by atoms with Crippen LogP contribution in [0.4, 0.5) is 53.9 Å². The average molecular weight is 786 g/mol. The Morgan fingerprint density at radius 3 is 2.13 bits per heavy atom. The number of aryl methyl sites for hydroxylation is 1. The molecule has 54 heavy (non-hydrogen) atoms. The van der Waals surface area contributed by atoms with Crippen molar-refractivity contribution in [2.45, 2.75) is 62.7 Å². The maximum atomic E-state index is 14.0. The molecule has 0 aliphatic rings. The monoisotopic (exact) mass is 785 g/mol. The molecule has 3 amide bonds. The predicted molar refractivity (Wildman–Crippen MR) is 201 cm³/mol. The number of halogens is 6. The van der Waals surface area contributed by atoms with E-state index in [2.05, 4.69) is 26.3 Å². The zero-order chi connectivity index (χ0) is 39.9. The molecule has 12 nitrogen and oxygen atoms in total. The number of rotatable bonds is 19. The molecule has 0 fully saturated rings. The van der Waals surface area contributed by atoms with Gasteiger partial charge in [0, 0.05) is 49.2 Å². The van der Waals surface area contributed by atoms with Crippen molar-refractivity contribution in [3.8, 4) is 11.5 Å². The van der Waals surface area contributed by atoms with E-state index >= 15 is 0 Å². The topological polar surface area (TPSA) is 208 Å². The minimum Gasteiger partial charge on any atom is -0.457 e. The summed E-state index contributed by atoms with van der Waals surface area (Å²) in [6.07, 6.45) is -7.20. The second-order valence-corrected chi connectivity index (χ2v) is 13.0. The Balaban J connectivity index is 1.90. The first-order chi connectivity index (χ1) is 25.5. The Bertz CT molecular complexity index is 1750. The number of anilines is 4. The molecule has 0 atom stereocenters. The number of amides is 3. The van der Waals surface area contributed by atoms with Crippen LogP contribution in [-0.2, 0) is 23.6 Å². The van der Waals surface area contributed by atoms with E-state index in [1.54, 1.807) is 0 Å². The first kappa shape index (κ1) is 43.5. The number of nitrogens with zero attached hydrogens (tertiary/aromatic N) is 1. The standard InChI is InChI=1S/C35H45F6N9O3S/c1-2-12-46-25-16-22(34(36,37)38)17-26(20-25)53-29-9-8-24(15-21(29)6-5-10-42)48-33(52)50-28-19-23(35(39,40)41)18-27(31(28)54-14-11-43)49-30(51)7-3-4-13-47-32(44)45/h8-9,15-20,46H,2-7,10-14,42-43H2,1H3,(H,49,51)(H4,44,45,47)(H2,48,50,52). The summed E-state index contributed by atoms with van der Waals surface area (Å²) in [6, 6.07) is 8.36. The van der Waals surface area contributed by atoms with Crippen molar-refractivity contribution >= 4 is 52.4 Å². The molecule has 19 heteroatoms. The van der Waals surface area contributed by atoms with Gasteiger partial charge in [0.25, 0.3) is 0 Å². The molecule has 3 rings (SSSR count). The van der Waals surface area contributed by atoms with Gasteiger partial charge >= 0.3 is 18.4 Å². The number of carbonyl (C=O) groups excluding carboxylic acids is 2. The van der Waals surface area contributed by atoms with Gasteiger partial charge in [0.05, 0.1) is 27.4 Å². The first-order valence-electron chi connectivity index (χ1n) is 17.0. The molecule has 12 N–H and O–H groups in total. The molecule has 296 valence electrons. The van der Waals surface area contributed by atoms with Gasteiger partial charge in [-0.05, 0) is 86.7 Å². The molecular formula is C35H45F6N9O3S. The van der Waals surface area contributed by atoms with Crippen LogP contribution >= 0.6 is 11.8 Å². The van der Waals surface area contributed by atoms with Crippen molar-refractivity contribution < 1.29 is 40.7 Å². The minimum absolute atomic E-state index is 0.0304. The molecule has 0 spiro atoms. The molecule has 0 saturated heterocycles. The van der Waals surface area contributed by atoms with Crippen LogP contribution in [-0.4, -0.2) is 49.8 Å². The van der Waals surface area contributed by atoms with Crippen molar-refractivity contribution in [3.05, 3.63) is 65.2 Å². The van der Waals surface area contributed by atoms with Gasteiger partial charge in [-0.1, -0.05) is 6.92 Å². The molecule has 0 radical (unpaired) electrons. The fourth-order valence-corrected chi connectivity index (χ4v) is 5.82. The zero-order valence-corrected chi connectivity index (χ0v) is 30.4. The Labute approximate surface area is 313 Å². The summed E-state index contributed by atoms with van der Waals surface area (Å²) in [5, 5.41) is 10.5. The SMILES string of the molecule is CCCNc1cc(Oc2ccc(NC(=O)Nc3cc(C(F)(F)F)cc(NC(=O)CCCCN=C(N)N)c3SCCN)cc2CCCN)cc(C(F)(F)F)c1. The number of hydrogen-bond donors (Lipinski definition) is 8. The molecule has 0 aromatic heterocycles. The highest BCUT2D eigenvalue weighted by Gasteiger charge is 2.33. The number of thioether (sulfide) groups is 1. The summed E-state index contributed by atoms with van der Waals surface area (Å²) in [4.78, 5) is 30.0. The van der Waals surface area contributed by atoms with Gasteiger partial charge in [0.2, 0.25) is 5.91 Å². The lowest BCUT2D eigenvalue weighted by Gasteiger charge is -2.20. The number of urea groups is 1. The number of nitrogens with two attached hydrogens (primary N) is 4. The molecule has 3 aromatic rings. The predicted octanol–water partition coefficient (Wildman–Crippen LogP) is 7.31. The van der Waals surface area contributed by atoms with E-state index in [0.29, 0.717) is 44.2 Å². The first-order valence-corrected chi connectivity index (χ1v) is 18.0. The maximum Gasteiger partial charge on any atom is 0.416 e. The number of unbranched alkanes of at least 4 members (excludes halogenated alkanes) is 1. The van der Waals surface area contributed by atoms with Crippen molar-refractivity contribution in [2.24, 2.45) is 27.9 Å².